The first-order valence-corrected chi connectivity index (χ1v) is 7.55. The van der Waals surface area contributed by atoms with Crippen LogP contribution in [0.1, 0.15) is 22.3 Å². The highest BCUT2D eigenvalue weighted by molar-refractivity contribution is 7.18. The average molecular weight is 324 g/mol. The first kappa shape index (κ1) is 15.1. The van der Waals surface area contributed by atoms with Crippen LogP contribution in [0.25, 0.3) is 0 Å². The van der Waals surface area contributed by atoms with E-state index >= 15 is 0 Å². The zero-order valence-corrected chi connectivity index (χ0v) is 12.6. The molecule has 4 N–H and O–H groups in total. The quantitative estimate of drug-likeness (QED) is 0.772. The number of nitrogens with two attached hydrogens (primary N) is 1. The predicted molar refractivity (Wildman–Crippen MR) is 81.6 cm³/mol. The molecule has 0 atom stereocenters. The minimum Gasteiger partial charge on any atom is -0.369 e. The van der Waals surface area contributed by atoms with Gasteiger partial charge in [-0.25, -0.2) is 4.98 Å². The van der Waals surface area contributed by atoms with Crippen molar-refractivity contribution >= 4 is 50.5 Å². The second-order valence-corrected chi connectivity index (χ2v) is 6.03. The second kappa shape index (κ2) is 6.46. The van der Waals surface area contributed by atoms with E-state index in [-0.39, 0.29) is 18.2 Å². The van der Waals surface area contributed by atoms with Crippen LogP contribution in [0.2, 0.25) is 0 Å². The molecular formula is C12H12N4O3S2. The van der Waals surface area contributed by atoms with Crippen LogP contribution in [0.5, 0.6) is 0 Å². The highest BCUT2D eigenvalue weighted by atomic mass is 32.1. The van der Waals surface area contributed by atoms with Crippen LogP contribution in [0.3, 0.4) is 0 Å². The summed E-state index contributed by atoms with van der Waals surface area (Å²) >= 11 is 2.38. The van der Waals surface area contributed by atoms with Crippen LogP contribution in [-0.4, -0.2) is 22.7 Å². The lowest BCUT2D eigenvalue weighted by Gasteiger charge is -1.98. The zero-order valence-electron chi connectivity index (χ0n) is 11.0. The molecule has 0 bridgehead atoms. The molecule has 0 aliphatic heterocycles. The van der Waals surface area contributed by atoms with Gasteiger partial charge in [0.05, 0.1) is 22.0 Å². The van der Waals surface area contributed by atoms with Crippen LogP contribution in [-0.2, 0) is 16.0 Å². The van der Waals surface area contributed by atoms with Crippen molar-refractivity contribution in [3.63, 3.8) is 0 Å². The molecule has 0 radical (unpaired) electrons. The summed E-state index contributed by atoms with van der Waals surface area (Å²) in [6, 6.07) is 3.27. The van der Waals surface area contributed by atoms with Crippen LogP contribution in [0.4, 0.5) is 10.1 Å². The van der Waals surface area contributed by atoms with Crippen LogP contribution < -0.4 is 16.4 Å². The van der Waals surface area contributed by atoms with E-state index in [9.17, 15) is 14.4 Å². The van der Waals surface area contributed by atoms with E-state index in [4.69, 9.17) is 5.73 Å². The van der Waals surface area contributed by atoms with Gasteiger partial charge >= 0.3 is 0 Å². The van der Waals surface area contributed by atoms with Gasteiger partial charge in [0.1, 0.15) is 0 Å². The zero-order chi connectivity index (χ0) is 15.4. The van der Waals surface area contributed by atoms with Crippen molar-refractivity contribution in [3.05, 3.63) is 28.1 Å². The predicted octanol–water partition coefficient (Wildman–Crippen LogP) is 1.44. The van der Waals surface area contributed by atoms with Crippen LogP contribution >= 0.6 is 22.7 Å². The van der Waals surface area contributed by atoms with Crippen molar-refractivity contribution < 1.29 is 14.4 Å². The molecule has 0 aromatic carbocycles. The SMILES string of the molecule is CC(=O)Nc1ccc(C(=O)Nc2nc(CC(N)=O)cs2)s1. The van der Waals surface area contributed by atoms with E-state index in [1.54, 1.807) is 17.5 Å². The Balaban J connectivity index is 2.00. The number of hydrogen-bond donors (Lipinski definition) is 3. The lowest BCUT2D eigenvalue weighted by molar-refractivity contribution is -0.117. The molecular weight excluding hydrogens is 312 g/mol. The molecule has 2 rings (SSSR count). The number of carbonyl (C=O) groups is 3. The molecule has 2 aromatic rings. The summed E-state index contributed by atoms with van der Waals surface area (Å²) in [5.41, 5.74) is 5.60. The lowest BCUT2D eigenvalue weighted by Crippen LogP contribution is -2.14. The van der Waals surface area contributed by atoms with Gasteiger partial charge < -0.3 is 11.1 Å². The van der Waals surface area contributed by atoms with Crippen molar-refractivity contribution in [1.82, 2.24) is 4.98 Å². The van der Waals surface area contributed by atoms with Gasteiger partial charge in [0, 0.05) is 12.3 Å². The van der Waals surface area contributed by atoms with Crippen molar-refractivity contribution in [2.45, 2.75) is 13.3 Å². The normalized spacial score (nSPS) is 10.1. The smallest absolute Gasteiger partial charge is 0.267 e. The standard InChI is InChI=1S/C12H12N4O3S2/c1-6(17)14-10-3-2-8(21-10)11(19)16-12-15-7(5-20-12)4-9(13)18/h2-3,5H,4H2,1H3,(H2,13,18)(H,14,17)(H,15,16,19). The van der Waals surface area contributed by atoms with Crippen LogP contribution in [0.15, 0.2) is 17.5 Å². The minimum absolute atomic E-state index is 0.0397. The van der Waals surface area contributed by atoms with Gasteiger partial charge in [0.25, 0.3) is 5.91 Å². The molecule has 7 nitrogen and oxygen atoms in total. The summed E-state index contributed by atoms with van der Waals surface area (Å²) in [6.45, 7) is 1.40. The van der Waals surface area contributed by atoms with Gasteiger partial charge in [-0.3, -0.25) is 19.7 Å². The summed E-state index contributed by atoms with van der Waals surface area (Å²) in [6.07, 6.45) is 0.0397. The third-order valence-corrected chi connectivity index (χ3v) is 4.06. The Morgan fingerprint density at radius 3 is 2.71 bits per heavy atom. The Morgan fingerprint density at radius 1 is 1.29 bits per heavy atom. The van der Waals surface area contributed by atoms with Gasteiger partial charge in [-0.1, -0.05) is 0 Å². The van der Waals surface area contributed by atoms with Gasteiger partial charge in [0.2, 0.25) is 11.8 Å². The monoisotopic (exact) mass is 324 g/mol. The molecule has 0 spiro atoms. The van der Waals surface area contributed by atoms with E-state index in [1.807, 2.05) is 0 Å². The molecule has 2 heterocycles. The molecule has 9 heteroatoms. The Labute approximate surface area is 128 Å². The minimum atomic E-state index is -0.476. The van der Waals surface area contributed by atoms with Gasteiger partial charge in [-0.15, -0.1) is 22.7 Å². The number of amides is 3. The molecule has 110 valence electrons. The van der Waals surface area contributed by atoms with Gasteiger partial charge in [-0.05, 0) is 12.1 Å². The fourth-order valence-corrected chi connectivity index (χ4v) is 3.04. The van der Waals surface area contributed by atoms with Crippen molar-refractivity contribution in [1.29, 1.82) is 0 Å². The Morgan fingerprint density at radius 2 is 2.05 bits per heavy atom. The number of anilines is 2. The van der Waals surface area contributed by atoms with E-state index < -0.39 is 5.91 Å². The van der Waals surface area contributed by atoms with Crippen molar-refractivity contribution in [3.8, 4) is 0 Å². The third-order valence-electron chi connectivity index (χ3n) is 2.26. The van der Waals surface area contributed by atoms with Crippen molar-refractivity contribution in [2.75, 3.05) is 10.6 Å². The maximum absolute atomic E-state index is 12.0. The van der Waals surface area contributed by atoms with Crippen molar-refractivity contribution in [2.24, 2.45) is 5.73 Å². The van der Waals surface area contributed by atoms with Crippen LogP contribution in [0, 0.1) is 0 Å². The Bertz CT molecular complexity index is 692. The highest BCUT2D eigenvalue weighted by Gasteiger charge is 2.12. The maximum Gasteiger partial charge on any atom is 0.267 e. The van der Waals surface area contributed by atoms with Gasteiger partial charge in [-0.2, -0.15) is 0 Å². The summed E-state index contributed by atoms with van der Waals surface area (Å²) in [5, 5.41) is 7.89. The number of primary amides is 1. The summed E-state index contributed by atoms with van der Waals surface area (Å²) < 4.78 is 0. The topological polar surface area (TPSA) is 114 Å². The average Bonchev–Trinajstić information content (AvgIpc) is 2.97. The molecule has 0 fully saturated rings. The number of carbonyl (C=O) groups excluding carboxylic acids is 3. The number of hydrogen-bond acceptors (Lipinski definition) is 6. The maximum atomic E-state index is 12.0. The molecule has 0 unspecified atom stereocenters. The number of nitrogens with one attached hydrogen (secondary N) is 2. The van der Waals surface area contributed by atoms with Gasteiger partial charge in [0.15, 0.2) is 5.13 Å². The fourth-order valence-electron chi connectivity index (χ4n) is 1.48. The summed E-state index contributed by atoms with van der Waals surface area (Å²) in [4.78, 5) is 38.2. The molecule has 0 saturated heterocycles. The van der Waals surface area contributed by atoms with E-state index in [0.717, 1.165) is 11.3 Å². The number of thiazole rings is 1. The second-order valence-electron chi connectivity index (χ2n) is 4.09. The number of rotatable bonds is 5. The molecule has 3 amide bonds. The number of nitrogens with zero attached hydrogens (tertiary/aromatic N) is 1. The molecule has 0 aliphatic rings. The molecule has 0 aliphatic carbocycles. The Kier molecular flexibility index (Phi) is 4.66. The molecule has 0 saturated carbocycles. The number of aromatic nitrogens is 1. The van der Waals surface area contributed by atoms with E-state index in [1.165, 1.54) is 18.3 Å². The third kappa shape index (κ3) is 4.36. The van der Waals surface area contributed by atoms with E-state index in [0.29, 0.717) is 20.7 Å². The molecule has 2 aromatic heterocycles. The highest BCUT2D eigenvalue weighted by Crippen LogP contribution is 2.23. The first-order valence-electron chi connectivity index (χ1n) is 5.85. The Hall–Kier alpha value is -2.26. The largest absolute Gasteiger partial charge is 0.369 e. The molecule has 21 heavy (non-hydrogen) atoms. The number of thiophene rings is 1. The fraction of sp³-hybridized carbons (Fsp3) is 0.167. The summed E-state index contributed by atoms with van der Waals surface area (Å²) in [7, 11) is 0. The lowest BCUT2D eigenvalue weighted by atomic mass is 10.3. The first-order chi connectivity index (χ1) is 9.94. The summed E-state index contributed by atoms with van der Waals surface area (Å²) in [5.74, 6) is -0.993. The van der Waals surface area contributed by atoms with E-state index in [2.05, 4.69) is 15.6 Å².